The Bertz CT molecular complexity index is 783. The molecule has 0 amide bonds. The number of thiophene rings is 1. The van der Waals surface area contributed by atoms with Gasteiger partial charge in [-0.05, 0) is 24.5 Å². The van der Waals surface area contributed by atoms with Crippen LogP contribution in [-0.4, -0.2) is 19.7 Å². The van der Waals surface area contributed by atoms with E-state index in [0.29, 0.717) is 17.0 Å². The third-order valence-electron chi connectivity index (χ3n) is 3.57. The number of rotatable bonds is 3. The highest BCUT2D eigenvalue weighted by Crippen LogP contribution is 2.26. The fourth-order valence-electron chi connectivity index (χ4n) is 2.51. The summed E-state index contributed by atoms with van der Waals surface area (Å²) in [6, 6.07) is 3.59. The van der Waals surface area contributed by atoms with Gasteiger partial charge in [0, 0.05) is 24.4 Å². The summed E-state index contributed by atoms with van der Waals surface area (Å²) in [5.41, 5.74) is 1.02. The van der Waals surface area contributed by atoms with Gasteiger partial charge in [0.2, 0.25) is 0 Å². The molecule has 0 radical (unpaired) electrons. The van der Waals surface area contributed by atoms with Gasteiger partial charge in [0.1, 0.15) is 11.9 Å². The first-order valence-electron chi connectivity index (χ1n) is 6.96. The van der Waals surface area contributed by atoms with Crippen molar-refractivity contribution in [2.75, 3.05) is 0 Å². The molecule has 3 rings (SSSR count). The lowest BCUT2D eigenvalue weighted by Crippen LogP contribution is -2.05. The molecule has 8 heteroatoms. The molecule has 0 aromatic carbocycles. The number of nitriles is 1. The fourth-order valence-corrected chi connectivity index (χ4v) is 3.19. The highest BCUT2D eigenvalue weighted by molar-refractivity contribution is 7.13. The molecule has 0 saturated carbocycles. The van der Waals surface area contributed by atoms with Crippen LogP contribution in [0.1, 0.15) is 36.5 Å². The number of aryl methyl sites for hydroxylation is 1. The van der Waals surface area contributed by atoms with Crippen molar-refractivity contribution in [3.05, 3.63) is 38.8 Å². The Kier molecular flexibility index (Phi) is 3.98. The van der Waals surface area contributed by atoms with Crippen molar-refractivity contribution >= 4 is 28.0 Å². The first-order chi connectivity index (χ1) is 10.7. The quantitative estimate of drug-likeness (QED) is 0.492. The summed E-state index contributed by atoms with van der Waals surface area (Å²) in [6.45, 7) is 0.806. The van der Waals surface area contributed by atoms with Crippen LogP contribution in [-0.2, 0) is 13.0 Å². The minimum atomic E-state index is -0.433. The van der Waals surface area contributed by atoms with Gasteiger partial charge in [0.25, 0.3) is 0 Å². The molecule has 0 N–H and O–H groups in total. The maximum Gasteiger partial charge on any atom is 0.324 e. The van der Waals surface area contributed by atoms with Gasteiger partial charge in [0.15, 0.2) is 5.82 Å². The van der Waals surface area contributed by atoms with Gasteiger partial charge in [-0.2, -0.15) is 5.26 Å². The number of hydrogen-bond acceptors (Lipinski definition) is 6. The lowest BCUT2D eigenvalue weighted by atomic mass is 10.2. The molecular weight excluding hydrogens is 302 g/mol. The Balaban J connectivity index is 1.97. The van der Waals surface area contributed by atoms with E-state index in [1.165, 1.54) is 6.07 Å². The SMILES string of the molecule is N#CC(=Cc1csc([N+](=O)[O-])c1)c1nnc2n1CCCCC2. The van der Waals surface area contributed by atoms with Crippen LogP contribution in [0.4, 0.5) is 5.00 Å². The standard InChI is InChI=1S/C14H13N5O2S/c15-8-11(6-10-7-13(19(20)21)22-9-10)14-17-16-12-4-2-1-3-5-18(12)14/h6-7,9H,1-5H2. The van der Waals surface area contributed by atoms with E-state index >= 15 is 0 Å². The molecule has 0 fully saturated rings. The zero-order valence-corrected chi connectivity index (χ0v) is 12.5. The predicted octanol–water partition coefficient (Wildman–Crippen LogP) is 3.04. The topological polar surface area (TPSA) is 97.6 Å². The van der Waals surface area contributed by atoms with E-state index < -0.39 is 4.92 Å². The van der Waals surface area contributed by atoms with Gasteiger partial charge in [-0.15, -0.1) is 10.2 Å². The number of nitrogens with zero attached hydrogens (tertiary/aromatic N) is 5. The molecule has 0 unspecified atom stereocenters. The zero-order chi connectivity index (χ0) is 15.5. The molecule has 0 atom stereocenters. The summed E-state index contributed by atoms with van der Waals surface area (Å²) in [5.74, 6) is 1.46. The van der Waals surface area contributed by atoms with Crippen LogP contribution in [0.15, 0.2) is 11.4 Å². The lowest BCUT2D eigenvalue weighted by Gasteiger charge is -2.05. The van der Waals surface area contributed by atoms with Gasteiger partial charge in [-0.25, -0.2) is 0 Å². The van der Waals surface area contributed by atoms with E-state index in [0.717, 1.165) is 49.4 Å². The van der Waals surface area contributed by atoms with Crippen LogP contribution in [0.5, 0.6) is 0 Å². The molecule has 22 heavy (non-hydrogen) atoms. The van der Waals surface area contributed by atoms with Crippen molar-refractivity contribution in [3.63, 3.8) is 0 Å². The van der Waals surface area contributed by atoms with Gasteiger partial charge < -0.3 is 4.57 Å². The Morgan fingerprint density at radius 3 is 3.05 bits per heavy atom. The second-order valence-electron chi connectivity index (χ2n) is 5.05. The van der Waals surface area contributed by atoms with Crippen molar-refractivity contribution in [2.24, 2.45) is 0 Å². The summed E-state index contributed by atoms with van der Waals surface area (Å²) in [5, 5.41) is 30.2. The maximum absolute atomic E-state index is 10.7. The summed E-state index contributed by atoms with van der Waals surface area (Å²) < 4.78 is 1.99. The molecule has 2 aromatic heterocycles. The van der Waals surface area contributed by atoms with Gasteiger partial charge in [-0.3, -0.25) is 10.1 Å². The Labute approximate surface area is 130 Å². The second kappa shape index (κ2) is 6.07. The van der Waals surface area contributed by atoms with E-state index in [2.05, 4.69) is 16.3 Å². The summed E-state index contributed by atoms with van der Waals surface area (Å²) in [6.07, 6.45) is 5.77. The number of hydrogen-bond donors (Lipinski definition) is 0. The molecule has 112 valence electrons. The third-order valence-corrected chi connectivity index (χ3v) is 4.47. The molecule has 1 aliphatic rings. The van der Waals surface area contributed by atoms with Crippen LogP contribution in [0, 0.1) is 21.4 Å². The Morgan fingerprint density at radius 2 is 2.32 bits per heavy atom. The number of nitro groups is 1. The van der Waals surface area contributed by atoms with Crippen molar-refractivity contribution in [3.8, 4) is 6.07 Å². The van der Waals surface area contributed by atoms with Crippen LogP contribution < -0.4 is 0 Å². The largest absolute Gasteiger partial charge is 0.324 e. The summed E-state index contributed by atoms with van der Waals surface area (Å²) in [7, 11) is 0. The minimum Gasteiger partial charge on any atom is -0.310 e. The molecule has 7 nitrogen and oxygen atoms in total. The normalized spacial score (nSPS) is 15.0. The molecular formula is C14H13N5O2S. The van der Waals surface area contributed by atoms with Gasteiger partial charge in [-0.1, -0.05) is 17.8 Å². The zero-order valence-electron chi connectivity index (χ0n) is 11.7. The van der Waals surface area contributed by atoms with Crippen molar-refractivity contribution in [1.82, 2.24) is 14.8 Å². The molecule has 1 aliphatic heterocycles. The summed E-state index contributed by atoms with van der Waals surface area (Å²) in [4.78, 5) is 10.3. The van der Waals surface area contributed by atoms with E-state index in [1.54, 1.807) is 11.5 Å². The fraction of sp³-hybridized carbons (Fsp3) is 0.357. The monoisotopic (exact) mass is 315 g/mol. The summed E-state index contributed by atoms with van der Waals surface area (Å²) >= 11 is 1.04. The van der Waals surface area contributed by atoms with E-state index in [-0.39, 0.29) is 5.00 Å². The number of fused-ring (bicyclic) bond motifs is 1. The predicted molar refractivity (Wildman–Crippen MR) is 82.0 cm³/mol. The van der Waals surface area contributed by atoms with Crippen LogP contribution in [0.3, 0.4) is 0 Å². The highest BCUT2D eigenvalue weighted by atomic mass is 32.1. The minimum absolute atomic E-state index is 0.0589. The van der Waals surface area contributed by atoms with Crippen molar-refractivity contribution in [2.45, 2.75) is 32.2 Å². The van der Waals surface area contributed by atoms with Crippen LogP contribution >= 0.6 is 11.3 Å². The van der Waals surface area contributed by atoms with Crippen molar-refractivity contribution in [1.29, 1.82) is 5.26 Å². The number of aromatic nitrogens is 3. The first-order valence-corrected chi connectivity index (χ1v) is 7.84. The van der Waals surface area contributed by atoms with Crippen LogP contribution in [0.25, 0.3) is 11.6 Å². The second-order valence-corrected chi connectivity index (χ2v) is 5.94. The third kappa shape index (κ3) is 2.76. The Hall–Kier alpha value is -2.53. The average Bonchev–Trinajstić information content (AvgIpc) is 3.06. The first kappa shape index (κ1) is 14.4. The van der Waals surface area contributed by atoms with Crippen molar-refractivity contribution < 1.29 is 4.92 Å². The molecule has 0 aliphatic carbocycles. The molecule has 0 saturated heterocycles. The molecule has 0 spiro atoms. The van der Waals surface area contributed by atoms with E-state index in [9.17, 15) is 15.4 Å². The highest BCUT2D eigenvalue weighted by Gasteiger charge is 2.18. The van der Waals surface area contributed by atoms with Crippen LogP contribution in [0.2, 0.25) is 0 Å². The van der Waals surface area contributed by atoms with E-state index in [4.69, 9.17) is 0 Å². The van der Waals surface area contributed by atoms with Gasteiger partial charge in [0.05, 0.1) is 10.5 Å². The molecule has 3 heterocycles. The molecule has 0 bridgehead atoms. The Morgan fingerprint density at radius 1 is 1.45 bits per heavy atom. The average molecular weight is 315 g/mol. The number of allylic oxidation sites excluding steroid dienone is 1. The maximum atomic E-state index is 10.7. The van der Waals surface area contributed by atoms with E-state index in [1.807, 2.05) is 4.57 Å². The lowest BCUT2D eigenvalue weighted by molar-refractivity contribution is -0.380. The smallest absolute Gasteiger partial charge is 0.310 e. The van der Waals surface area contributed by atoms with Gasteiger partial charge >= 0.3 is 5.00 Å². The molecule has 2 aromatic rings.